The first-order chi connectivity index (χ1) is 8.09. The molecule has 2 aliphatic rings. The Labute approximate surface area is 117 Å². The Morgan fingerprint density at radius 1 is 1.50 bits per heavy atom. The van der Waals surface area contributed by atoms with Gasteiger partial charge < -0.3 is 10.6 Å². The van der Waals surface area contributed by atoms with Crippen molar-refractivity contribution in [3.05, 3.63) is 0 Å². The second-order valence-electron chi connectivity index (χ2n) is 6.04. The number of amides is 1. The van der Waals surface area contributed by atoms with E-state index in [0.29, 0.717) is 11.8 Å². The molecule has 106 valence electrons. The molecule has 0 spiro atoms. The molecule has 1 heterocycles. The standard InChI is InChI=1S/C14H26N2O.ClH/c1-3-6-14(7-8-14)13(17)16-9-4-5-12(10-16)11(2)15;/h11-12H,3-10,15H2,1-2H3;1H. The largest absolute Gasteiger partial charge is 0.342 e. The minimum atomic E-state index is 0. The number of likely N-dealkylation sites (tertiary alicyclic amines) is 1. The van der Waals surface area contributed by atoms with Crippen LogP contribution in [0.1, 0.15) is 52.4 Å². The van der Waals surface area contributed by atoms with Gasteiger partial charge in [-0.1, -0.05) is 13.3 Å². The Morgan fingerprint density at radius 2 is 2.17 bits per heavy atom. The number of nitrogens with two attached hydrogens (primary N) is 1. The molecule has 2 rings (SSSR count). The second kappa shape index (κ2) is 6.25. The summed E-state index contributed by atoms with van der Waals surface area (Å²) in [5.74, 6) is 0.926. The smallest absolute Gasteiger partial charge is 0.228 e. The van der Waals surface area contributed by atoms with Crippen LogP contribution in [-0.4, -0.2) is 29.9 Å². The number of hydrogen-bond acceptors (Lipinski definition) is 2. The van der Waals surface area contributed by atoms with Crippen LogP contribution in [0.5, 0.6) is 0 Å². The molecule has 0 bridgehead atoms. The Morgan fingerprint density at radius 3 is 2.67 bits per heavy atom. The third-order valence-electron chi connectivity index (χ3n) is 4.52. The Hall–Kier alpha value is -0.280. The first-order valence-corrected chi connectivity index (χ1v) is 7.14. The molecule has 3 nitrogen and oxygen atoms in total. The average Bonchev–Trinajstić information content (AvgIpc) is 3.10. The lowest BCUT2D eigenvalue weighted by atomic mass is 9.90. The summed E-state index contributed by atoms with van der Waals surface area (Å²) in [7, 11) is 0. The summed E-state index contributed by atoms with van der Waals surface area (Å²) in [5.41, 5.74) is 6.01. The van der Waals surface area contributed by atoms with Crippen LogP contribution in [0, 0.1) is 11.3 Å². The molecule has 1 aliphatic heterocycles. The van der Waals surface area contributed by atoms with E-state index < -0.39 is 0 Å². The minimum absolute atomic E-state index is 0. The van der Waals surface area contributed by atoms with Crippen molar-refractivity contribution in [3.8, 4) is 0 Å². The molecule has 0 radical (unpaired) electrons. The molecule has 2 atom stereocenters. The summed E-state index contributed by atoms with van der Waals surface area (Å²) in [5, 5.41) is 0. The lowest BCUT2D eigenvalue weighted by Gasteiger charge is -2.36. The van der Waals surface area contributed by atoms with E-state index in [-0.39, 0.29) is 23.9 Å². The normalized spacial score (nSPS) is 27.3. The van der Waals surface area contributed by atoms with Crippen molar-refractivity contribution in [3.63, 3.8) is 0 Å². The molecule has 1 saturated heterocycles. The molecule has 2 unspecified atom stereocenters. The molecule has 2 fully saturated rings. The van der Waals surface area contributed by atoms with Gasteiger partial charge in [0.05, 0.1) is 0 Å². The molecule has 2 N–H and O–H groups in total. The van der Waals surface area contributed by atoms with E-state index in [1.54, 1.807) is 0 Å². The lowest BCUT2D eigenvalue weighted by Crippen LogP contribution is -2.47. The van der Waals surface area contributed by atoms with Gasteiger partial charge >= 0.3 is 0 Å². The molecule has 0 aromatic rings. The van der Waals surface area contributed by atoms with Crippen molar-refractivity contribution in [1.82, 2.24) is 4.90 Å². The Balaban J connectivity index is 0.00000162. The number of halogens is 1. The molecule has 0 aromatic heterocycles. The van der Waals surface area contributed by atoms with Gasteiger partial charge in [-0.05, 0) is 44.9 Å². The van der Waals surface area contributed by atoms with Gasteiger partial charge in [0.25, 0.3) is 0 Å². The molecule has 4 heteroatoms. The topological polar surface area (TPSA) is 46.3 Å². The predicted octanol–water partition coefficient (Wildman–Crippen LogP) is 2.57. The number of rotatable bonds is 4. The number of nitrogens with zero attached hydrogens (tertiary/aromatic N) is 1. The van der Waals surface area contributed by atoms with E-state index >= 15 is 0 Å². The third kappa shape index (κ3) is 3.18. The quantitative estimate of drug-likeness (QED) is 0.856. The van der Waals surface area contributed by atoms with E-state index in [9.17, 15) is 4.79 Å². The van der Waals surface area contributed by atoms with Crippen LogP contribution in [0.25, 0.3) is 0 Å². The van der Waals surface area contributed by atoms with Gasteiger partial charge in [0, 0.05) is 24.5 Å². The zero-order valence-corrected chi connectivity index (χ0v) is 12.5. The van der Waals surface area contributed by atoms with Crippen LogP contribution < -0.4 is 5.73 Å². The van der Waals surface area contributed by atoms with Gasteiger partial charge in [-0.2, -0.15) is 0 Å². The maximum atomic E-state index is 12.5. The second-order valence-corrected chi connectivity index (χ2v) is 6.04. The molecular formula is C14H27ClN2O. The van der Waals surface area contributed by atoms with Crippen molar-refractivity contribution in [2.24, 2.45) is 17.1 Å². The van der Waals surface area contributed by atoms with Crippen molar-refractivity contribution >= 4 is 18.3 Å². The van der Waals surface area contributed by atoms with Gasteiger partial charge in [0.1, 0.15) is 0 Å². The van der Waals surface area contributed by atoms with Gasteiger partial charge in [-0.3, -0.25) is 4.79 Å². The molecule has 18 heavy (non-hydrogen) atoms. The van der Waals surface area contributed by atoms with Crippen molar-refractivity contribution < 1.29 is 4.79 Å². The van der Waals surface area contributed by atoms with Gasteiger partial charge in [-0.15, -0.1) is 12.4 Å². The zero-order chi connectivity index (χ0) is 12.5. The van der Waals surface area contributed by atoms with Crippen LogP contribution in [0.4, 0.5) is 0 Å². The van der Waals surface area contributed by atoms with Crippen molar-refractivity contribution in [2.45, 2.75) is 58.4 Å². The third-order valence-corrected chi connectivity index (χ3v) is 4.52. The highest BCUT2D eigenvalue weighted by Gasteiger charge is 2.50. The predicted molar refractivity (Wildman–Crippen MR) is 76.8 cm³/mol. The Bertz CT molecular complexity index is 290. The number of piperidine rings is 1. The summed E-state index contributed by atoms with van der Waals surface area (Å²) in [6.45, 7) is 6.08. The van der Waals surface area contributed by atoms with E-state index in [4.69, 9.17) is 5.73 Å². The molecule has 1 aliphatic carbocycles. The summed E-state index contributed by atoms with van der Waals surface area (Å²) < 4.78 is 0. The van der Waals surface area contributed by atoms with Crippen LogP contribution in [0.2, 0.25) is 0 Å². The van der Waals surface area contributed by atoms with Crippen LogP contribution in [0.3, 0.4) is 0 Å². The fourth-order valence-electron chi connectivity index (χ4n) is 3.16. The maximum absolute atomic E-state index is 12.5. The Kier molecular flexibility index (Phi) is 5.47. The fourth-order valence-corrected chi connectivity index (χ4v) is 3.16. The van der Waals surface area contributed by atoms with Crippen molar-refractivity contribution in [2.75, 3.05) is 13.1 Å². The first-order valence-electron chi connectivity index (χ1n) is 7.14. The van der Waals surface area contributed by atoms with E-state index in [1.165, 1.54) is 6.42 Å². The molecule has 1 amide bonds. The van der Waals surface area contributed by atoms with E-state index in [1.807, 2.05) is 0 Å². The zero-order valence-electron chi connectivity index (χ0n) is 11.7. The van der Waals surface area contributed by atoms with Crippen LogP contribution in [0.15, 0.2) is 0 Å². The van der Waals surface area contributed by atoms with Crippen molar-refractivity contribution in [1.29, 1.82) is 0 Å². The molecule has 0 aromatic carbocycles. The lowest BCUT2D eigenvalue weighted by molar-refractivity contribution is -0.139. The number of hydrogen-bond donors (Lipinski definition) is 1. The number of carbonyl (C=O) groups excluding carboxylic acids is 1. The van der Waals surface area contributed by atoms with E-state index in [2.05, 4.69) is 18.7 Å². The fraction of sp³-hybridized carbons (Fsp3) is 0.929. The van der Waals surface area contributed by atoms with Crippen LogP contribution in [-0.2, 0) is 4.79 Å². The SMILES string of the molecule is CCCC1(C(=O)N2CCCC(C(C)N)C2)CC1.Cl. The maximum Gasteiger partial charge on any atom is 0.228 e. The highest BCUT2D eigenvalue weighted by atomic mass is 35.5. The average molecular weight is 275 g/mol. The van der Waals surface area contributed by atoms with Gasteiger partial charge in [0.15, 0.2) is 0 Å². The summed E-state index contributed by atoms with van der Waals surface area (Å²) in [6, 6.07) is 0.215. The highest BCUT2D eigenvalue weighted by molar-refractivity contribution is 5.85. The highest BCUT2D eigenvalue weighted by Crippen LogP contribution is 2.51. The van der Waals surface area contributed by atoms with Gasteiger partial charge in [-0.25, -0.2) is 0 Å². The minimum Gasteiger partial charge on any atom is -0.342 e. The van der Waals surface area contributed by atoms with E-state index in [0.717, 1.165) is 45.2 Å². The molecule has 1 saturated carbocycles. The van der Waals surface area contributed by atoms with Gasteiger partial charge in [0.2, 0.25) is 5.91 Å². The summed E-state index contributed by atoms with van der Waals surface area (Å²) >= 11 is 0. The summed E-state index contributed by atoms with van der Waals surface area (Å²) in [6.07, 6.45) is 6.72. The summed E-state index contributed by atoms with van der Waals surface area (Å²) in [4.78, 5) is 14.6. The number of carbonyl (C=O) groups is 1. The monoisotopic (exact) mass is 274 g/mol. The first kappa shape index (κ1) is 15.8. The van der Waals surface area contributed by atoms with Crippen LogP contribution >= 0.6 is 12.4 Å². The molecular weight excluding hydrogens is 248 g/mol.